The van der Waals surface area contributed by atoms with Gasteiger partial charge in [-0.3, -0.25) is 0 Å². The van der Waals surface area contributed by atoms with E-state index in [0.717, 1.165) is 71.4 Å². The van der Waals surface area contributed by atoms with Crippen molar-refractivity contribution in [3.05, 3.63) is 84.2 Å². The molecule has 0 radical (unpaired) electrons. The van der Waals surface area contributed by atoms with Crippen LogP contribution in [0.3, 0.4) is 0 Å². The van der Waals surface area contributed by atoms with Crippen molar-refractivity contribution >= 4 is 44.7 Å². The van der Waals surface area contributed by atoms with Crippen LogP contribution < -0.4 is 10.2 Å². The number of nitrogens with one attached hydrogen (secondary N) is 1. The number of rotatable bonds is 21. The lowest BCUT2D eigenvalue weighted by Crippen LogP contribution is -2.67. The minimum Gasteiger partial charge on any atom is -0.414 e. The van der Waals surface area contributed by atoms with Gasteiger partial charge in [-0.1, -0.05) is 94.2 Å². The Hall–Kier alpha value is -3.05. The zero-order chi connectivity index (χ0) is 45.9. The number of nitrogens with zero attached hydrogens (tertiary/aromatic N) is 5. The van der Waals surface area contributed by atoms with E-state index in [1.807, 2.05) is 49.4 Å². The second-order valence-electron chi connectivity index (χ2n) is 21.7. The number of aromatic nitrogens is 4. The summed E-state index contributed by atoms with van der Waals surface area (Å²) < 4.78 is 22.1. The van der Waals surface area contributed by atoms with Gasteiger partial charge in [0.2, 0.25) is 8.32 Å². The Labute approximate surface area is 374 Å². The molecule has 1 atom stereocenters. The molecule has 1 N–H and O–H groups in total. The minimum absolute atomic E-state index is 0.235. The van der Waals surface area contributed by atoms with Gasteiger partial charge in [0, 0.05) is 64.5 Å². The summed E-state index contributed by atoms with van der Waals surface area (Å²) in [6.45, 7) is 46.2. The zero-order valence-corrected chi connectivity index (χ0v) is 45.4. The normalized spacial score (nSPS) is 14.5. The van der Waals surface area contributed by atoms with E-state index < -0.39 is 38.6 Å². The molecule has 0 fully saturated rings. The summed E-state index contributed by atoms with van der Waals surface area (Å²) in [5.41, 5.74) is 3.38. The number of aryl methyl sites for hydroxylation is 2. The Morgan fingerprint density at radius 1 is 0.590 bits per heavy atom. The average Bonchev–Trinajstić information content (AvgIpc) is 3.12. The molecule has 13 heteroatoms. The molecular formula is C48H80N6O3Si4. The van der Waals surface area contributed by atoms with Crippen molar-refractivity contribution in [3.8, 4) is 22.8 Å². The van der Waals surface area contributed by atoms with Crippen LogP contribution in [0.15, 0.2) is 72.8 Å². The van der Waals surface area contributed by atoms with Crippen LogP contribution in [-0.2, 0) is 13.3 Å². The van der Waals surface area contributed by atoms with E-state index in [0.29, 0.717) is 6.54 Å². The monoisotopic (exact) mass is 901 g/mol. The lowest BCUT2D eigenvalue weighted by atomic mass is 9.93. The van der Waals surface area contributed by atoms with E-state index in [1.54, 1.807) is 0 Å². The van der Waals surface area contributed by atoms with Crippen molar-refractivity contribution in [2.45, 2.75) is 162 Å². The predicted molar refractivity (Wildman–Crippen MR) is 270 cm³/mol. The first kappa shape index (κ1) is 50.6. The topological polar surface area (TPSA) is 94.5 Å². The van der Waals surface area contributed by atoms with E-state index in [-0.39, 0.29) is 15.5 Å². The molecule has 4 rings (SSSR count). The maximum absolute atomic E-state index is 7.74. The van der Waals surface area contributed by atoms with Gasteiger partial charge in [-0.15, -0.1) is 0 Å². The fourth-order valence-corrected chi connectivity index (χ4v) is 19.2. The van der Waals surface area contributed by atoms with Crippen LogP contribution in [0.4, 0.5) is 11.6 Å². The van der Waals surface area contributed by atoms with Gasteiger partial charge >= 0.3 is 0 Å². The molecule has 0 bridgehead atoms. The lowest BCUT2D eigenvalue weighted by molar-refractivity contribution is 0.0157. The molecule has 2 aromatic heterocycles. The first-order valence-electron chi connectivity index (χ1n) is 22.3. The Bertz CT molecular complexity index is 2050. The molecule has 2 aromatic carbocycles. The fourth-order valence-electron chi connectivity index (χ4n) is 7.69. The molecule has 0 amide bonds. The summed E-state index contributed by atoms with van der Waals surface area (Å²) in [7, 11) is -8.62. The van der Waals surface area contributed by atoms with Crippen molar-refractivity contribution < 1.29 is 13.3 Å². The van der Waals surface area contributed by atoms with E-state index in [4.69, 9.17) is 33.2 Å². The third-order valence-corrected chi connectivity index (χ3v) is 28.3. The second kappa shape index (κ2) is 19.0. The minimum atomic E-state index is -2.63. The van der Waals surface area contributed by atoms with Crippen molar-refractivity contribution in [1.82, 2.24) is 19.9 Å². The lowest BCUT2D eigenvalue weighted by Gasteiger charge is -2.58. The summed E-state index contributed by atoms with van der Waals surface area (Å²) in [5, 5.41) is 2.78. The highest BCUT2D eigenvalue weighted by molar-refractivity contribution is 6.82. The van der Waals surface area contributed by atoms with Crippen molar-refractivity contribution in [3.63, 3.8) is 0 Å². The first-order valence-corrected chi connectivity index (χ1v) is 34.7. The maximum atomic E-state index is 7.74. The highest BCUT2D eigenvalue weighted by atomic mass is 28.4. The third-order valence-electron chi connectivity index (χ3n) is 13.5. The van der Waals surface area contributed by atoms with Crippen LogP contribution in [0.25, 0.3) is 22.8 Å². The number of hydrogen-bond donors (Lipinski definition) is 1. The molecule has 9 nitrogen and oxygen atoms in total. The molecule has 2 heterocycles. The van der Waals surface area contributed by atoms with E-state index >= 15 is 0 Å². The van der Waals surface area contributed by atoms with Gasteiger partial charge in [0.15, 0.2) is 28.3 Å². The molecular weight excluding hydrogens is 821 g/mol. The van der Waals surface area contributed by atoms with Crippen molar-refractivity contribution in [2.24, 2.45) is 0 Å². The Morgan fingerprint density at radius 2 is 1.10 bits per heavy atom. The Kier molecular flexibility index (Phi) is 15.7. The third kappa shape index (κ3) is 12.8. The van der Waals surface area contributed by atoms with E-state index in [1.165, 1.54) is 0 Å². The van der Waals surface area contributed by atoms with Gasteiger partial charge in [0.1, 0.15) is 11.6 Å². The van der Waals surface area contributed by atoms with Gasteiger partial charge in [-0.2, -0.15) is 0 Å². The summed E-state index contributed by atoms with van der Waals surface area (Å²) in [5.74, 6) is 3.19. The molecule has 0 saturated heterocycles. The quantitative estimate of drug-likeness (QED) is 0.0820. The highest BCUT2D eigenvalue weighted by Crippen LogP contribution is 2.54. The van der Waals surface area contributed by atoms with Crippen molar-refractivity contribution in [1.29, 1.82) is 0 Å². The van der Waals surface area contributed by atoms with Crippen LogP contribution in [-0.4, -0.2) is 88.6 Å². The highest BCUT2D eigenvalue weighted by Gasteiger charge is 2.60. The largest absolute Gasteiger partial charge is 0.414 e. The summed E-state index contributed by atoms with van der Waals surface area (Å²) >= 11 is 0. The predicted octanol–water partition coefficient (Wildman–Crippen LogP) is 12.7. The van der Waals surface area contributed by atoms with Gasteiger partial charge in [0.05, 0.1) is 18.9 Å². The second-order valence-corrected chi connectivity index (χ2v) is 40.7. The number of benzene rings is 2. The van der Waals surface area contributed by atoms with Gasteiger partial charge in [-0.05, 0) is 107 Å². The van der Waals surface area contributed by atoms with Gasteiger partial charge in [0.25, 0.3) is 0 Å². The molecule has 336 valence electrons. The molecule has 4 aromatic rings. The molecule has 0 spiro atoms. The van der Waals surface area contributed by atoms with Gasteiger partial charge < -0.3 is 23.5 Å². The standard InChI is InChI=1S/C48H80N6O3Si4/c1-37-35-41(52-43(50-37)39-27-22-20-23-28-39)49-31-33-54(42-36-38(2)51-44(53-42)40-29-24-21-25-30-40)32-26-34-61(19,57-47(7,8)58(11,12)13)46(5,6)45(3,4)55-60(17,18)48(9,10)56-59(14,15)16/h20-25,27-30,35-36H,26,31-34H2,1-19H3,(H,49,50,52). The van der Waals surface area contributed by atoms with Crippen molar-refractivity contribution in [2.75, 3.05) is 29.9 Å². The molecule has 61 heavy (non-hydrogen) atoms. The van der Waals surface area contributed by atoms with E-state index in [2.05, 4.69) is 162 Å². The van der Waals surface area contributed by atoms with Crippen LogP contribution in [0.5, 0.6) is 0 Å². The average molecular weight is 902 g/mol. The van der Waals surface area contributed by atoms with E-state index in [9.17, 15) is 0 Å². The number of hydrogen-bond acceptors (Lipinski definition) is 9. The Balaban J connectivity index is 1.69. The summed E-state index contributed by atoms with van der Waals surface area (Å²) in [6.07, 6.45) is 0.934. The molecule has 0 aliphatic carbocycles. The number of anilines is 2. The first-order chi connectivity index (χ1) is 27.9. The molecule has 0 aliphatic heterocycles. The Morgan fingerprint density at radius 3 is 1.61 bits per heavy atom. The summed E-state index contributed by atoms with van der Waals surface area (Å²) in [6, 6.07) is 25.5. The van der Waals surface area contributed by atoms with Crippen LogP contribution in [0.1, 0.15) is 73.2 Å². The van der Waals surface area contributed by atoms with Crippen LogP contribution >= 0.6 is 0 Å². The van der Waals surface area contributed by atoms with Crippen LogP contribution in [0.2, 0.25) is 70.0 Å². The molecule has 1 unspecified atom stereocenters. The SMILES string of the molecule is Cc1cc(NCCN(CCC[Si](C)(OC(C)(C)[Si](C)(C)C)C(C)(C)C(C)(C)O[Si](C)(C)C(C)(C)O[Si](C)(C)C)c2cc(C)nc(-c3ccccc3)n2)nc(-c2ccccc2)n1. The maximum Gasteiger partial charge on any atom is 0.216 e. The molecule has 0 aliphatic rings. The zero-order valence-electron chi connectivity index (χ0n) is 41.4. The fraction of sp³-hybridized carbons (Fsp3) is 0.583. The van der Waals surface area contributed by atoms with Gasteiger partial charge in [-0.25, -0.2) is 19.9 Å². The van der Waals surface area contributed by atoms with Crippen LogP contribution in [0, 0.1) is 13.8 Å². The summed E-state index contributed by atoms with van der Waals surface area (Å²) in [4.78, 5) is 22.1. The smallest absolute Gasteiger partial charge is 0.216 e. The molecule has 0 saturated carbocycles.